The zero-order valence-electron chi connectivity index (χ0n) is 8.45. The first kappa shape index (κ1) is 8.92. The molecule has 2 heterocycles. The summed E-state index contributed by atoms with van der Waals surface area (Å²) < 4.78 is 5.97. The lowest BCUT2D eigenvalue weighted by Crippen LogP contribution is -2.43. The summed E-state index contributed by atoms with van der Waals surface area (Å²) in [5.74, 6) is 0.956. The van der Waals surface area contributed by atoms with Crippen LogP contribution in [-0.4, -0.2) is 24.5 Å². The van der Waals surface area contributed by atoms with Crippen molar-refractivity contribution in [3.05, 3.63) is 29.8 Å². The molecule has 1 spiro atoms. The van der Waals surface area contributed by atoms with Crippen molar-refractivity contribution in [2.24, 2.45) is 0 Å². The number of hydrogen-bond acceptors (Lipinski definition) is 3. The van der Waals surface area contributed by atoms with E-state index in [-0.39, 0.29) is 11.4 Å². The summed E-state index contributed by atoms with van der Waals surface area (Å²) >= 11 is 0. The van der Waals surface area contributed by atoms with E-state index in [2.05, 4.69) is 5.32 Å². The first-order valence-corrected chi connectivity index (χ1v) is 5.31. The van der Waals surface area contributed by atoms with Gasteiger partial charge >= 0.3 is 0 Å². The number of benzene rings is 1. The average Bonchev–Trinajstić information content (AvgIpc) is 2.66. The van der Waals surface area contributed by atoms with E-state index in [9.17, 15) is 4.79 Å². The highest BCUT2D eigenvalue weighted by Gasteiger charge is 2.42. The molecule has 0 aromatic heterocycles. The van der Waals surface area contributed by atoms with Gasteiger partial charge in [-0.3, -0.25) is 4.79 Å². The number of rotatable bonds is 0. The summed E-state index contributed by atoms with van der Waals surface area (Å²) in [6, 6.07) is 7.51. The average molecular weight is 203 g/mol. The Balaban J connectivity index is 2.02. The van der Waals surface area contributed by atoms with Gasteiger partial charge in [0.15, 0.2) is 5.78 Å². The Bertz CT molecular complexity index is 408. The molecule has 1 N–H and O–H groups in total. The second-order valence-corrected chi connectivity index (χ2v) is 4.31. The number of hydrogen-bond donors (Lipinski definition) is 1. The van der Waals surface area contributed by atoms with Crippen LogP contribution in [0, 0.1) is 0 Å². The molecule has 2 aliphatic rings. The molecule has 0 unspecified atom stereocenters. The maximum absolute atomic E-state index is 11.9. The van der Waals surface area contributed by atoms with Gasteiger partial charge in [-0.25, -0.2) is 0 Å². The maximum Gasteiger partial charge on any atom is 0.170 e. The zero-order chi connectivity index (χ0) is 10.3. The van der Waals surface area contributed by atoms with Gasteiger partial charge in [0.2, 0.25) is 0 Å². The summed E-state index contributed by atoms with van der Waals surface area (Å²) in [6.07, 6.45) is 1.43. The molecule has 1 aromatic carbocycles. The largest absolute Gasteiger partial charge is 0.485 e. The minimum Gasteiger partial charge on any atom is -0.485 e. The van der Waals surface area contributed by atoms with Crippen LogP contribution in [-0.2, 0) is 0 Å². The number of ether oxygens (including phenoxy) is 1. The second kappa shape index (κ2) is 3.07. The van der Waals surface area contributed by atoms with Gasteiger partial charge in [0.25, 0.3) is 0 Å². The van der Waals surface area contributed by atoms with Crippen LogP contribution in [0.1, 0.15) is 23.2 Å². The van der Waals surface area contributed by atoms with Crippen molar-refractivity contribution < 1.29 is 9.53 Å². The van der Waals surface area contributed by atoms with Gasteiger partial charge in [-0.05, 0) is 18.7 Å². The smallest absolute Gasteiger partial charge is 0.170 e. The van der Waals surface area contributed by atoms with Gasteiger partial charge in [0.1, 0.15) is 11.4 Å². The third-order valence-corrected chi connectivity index (χ3v) is 3.20. The molecule has 1 atom stereocenters. The second-order valence-electron chi connectivity index (χ2n) is 4.31. The van der Waals surface area contributed by atoms with Crippen molar-refractivity contribution in [3.63, 3.8) is 0 Å². The van der Waals surface area contributed by atoms with Crippen LogP contribution >= 0.6 is 0 Å². The Morgan fingerprint density at radius 3 is 3.00 bits per heavy atom. The molecule has 1 fully saturated rings. The van der Waals surface area contributed by atoms with E-state index in [1.165, 1.54) is 0 Å². The minimum atomic E-state index is -0.272. The Morgan fingerprint density at radius 2 is 2.20 bits per heavy atom. The molecule has 3 rings (SSSR count). The fourth-order valence-electron chi connectivity index (χ4n) is 2.40. The molecule has 1 saturated heterocycles. The predicted octanol–water partition coefficient (Wildman–Crippen LogP) is 1.38. The van der Waals surface area contributed by atoms with Crippen LogP contribution < -0.4 is 10.1 Å². The molecule has 78 valence electrons. The number of carbonyl (C=O) groups excluding carboxylic acids is 1. The number of ketones is 1. The molecular formula is C12H13NO2. The zero-order valence-corrected chi connectivity index (χ0v) is 8.45. The van der Waals surface area contributed by atoms with Gasteiger partial charge in [-0.1, -0.05) is 12.1 Å². The summed E-state index contributed by atoms with van der Waals surface area (Å²) in [4.78, 5) is 11.9. The number of nitrogens with one attached hydrogen (secondary N) is 1. The molecule has 3 heteroatoms. The number of carbonyl (C=O) groups is 1. The lowest BCUT2D eigenvalue weighted by atomic mass is 9.89. The van der Waals surface area contributed by atoms with Gasteiger partial charge in [-0.15, -0.1) is 0 Å². The quantitative estimate of drug-likeness (QED) is 0.692. The SMILES string of the molecule is O=C1C[C@]2(CCNC2)Oc2ccccc21. The van der Waals surface area contributed by atoms with Crippen molar-refractivity contribution in [1.82, 2.24) is 5.32 Å². The molecular weight excluding hydrogens is 190 g/mol. The van der Waals surface area contributed by atoms with Crippen LogP contribution in [0.5, 0.6) is 5.75 Å². The van der Waals surface area contributed by atoms with Crippen LogP contribution in [0.4, 0.5) is 0 Å². The Morgan fingerprint density at radius 1 is 1.33 bits per heavy atom. The first-order valence-electron chi connectivity index (χ1n) is 5.31. The van der Waals surface area contributed by atoms with Gasteiger partial charge in [-0.2, -0.15) is 0 Å². The van der Waals surface area contributed by atoms with Gasteiger partial charge < -0.3 is 10.1 Å². The van der Waals surface area contributed by atoms with Crippen molar-refractivity contribution in [2.45, 2.75) is 18.4 Å². The molecule has 0 radical (unpaired) electrons. The third kappa shape index (κ3) is 1.35. The normalized spacial score (nSPS) is 28.9. The van der Waals surface area contributed by atoms with E-state index in [4.69, 9.17) is 4.74 Å². The molecule has 0 bridgehead atoms. The topological polar surface area (TPSA) is 38.3 Å². The summed E-state index contributed by atoms with van der Waals surface area (Å²) in [5, 5.41) is 3.26. The third-order valence-electron chi connectivity index (χ3n) is 3.20. The van der Waals surface area contributed by atoms with Crippen molar-refractivity contribution in [3.8, 4) is 5.75 Å². The van der Waals surface area contributed by atoms with Crippen LogP contribution in [0.15, 0.2) is 24.3 Å². The maximum atomic E-state index is 11.9. The van der Waals surface area contributed by atoms with Crippen LogP contribution in [0.3, 0.4) is 0 Å². The summed E-state index contributed by atoms with van der Waals surface area (Å²) in [6.45, 7) is 1.72. The first-order chi connectivity index (χ1) is 7.29. The highest BCUT2D eigenvalue weighted by Crippen LogP contribution is 2.36. The fourth-order valence-corrected chi connectivity index (χ4v) is 2.40. The van der Waals surface area contributed by atoms with Gasteiger partial charge in [0.05, 0.1) is 12.0 Å². The van der Waals surface area contributed by atoms with E-state index in [1.54, 1.807) is 0 Å². The lowest BCUT2D eigenvalue weighted by Gasteiger charge is -2.33. The molecule has 0 amide bonds. The van der Waals surface area contributed by atoms with Crippen LogP contribution in [0.25, 0.3) is 0 Å². The summed E-state index contributed by atoms with van der Waals surface area (Å²) in [5.41, 5.74) is 0.459. The van der Waals surface area contributed by atoms with Crippen LogP contribution in [0.2, 0.25) is 0 Å². The fraction of sp³-hybridized carbons (Fsp3) is 0.417. The van der Waals surface area contributed by atoms with Crippen molar-refractivity contribution >= 4 is 5.78 Å². The minimum absolute atomic E-state index is 0.209. The Labute approximate surface area is 88.4 Å². The van der Waals surface area contributed by atoms with E-state index in [0.717, 1.165) is 30.8 Å². The number of para-hydroxylation sites is 1. The lowest BCUT2D eigenvalue weighted by molar-refractivity contribution is 0.0528. The van der Waals surface area contributed by atoms with Crippen molar-refractivity contribution in [2.75, 3.05) is 13.1 Å². The number of Topliss-reactive ketones (excluding diaryl/α,β-unsaturated/α-hetero) is 1. The molecule has 1 aromatic rings. The highest BCUT2D eigenvalue weighted by molar-refractivity contribution is 6.00. The standard InChI is InChI=1S/C12H13NO2/c14-10-7-12(5-6-13-8-12)15-11-4-2-1-3-9(10)11/h1-4,13H,5-8H2/t12-/m0/s1. The molecule has 3 nitrogen and oxygen atoms in total. The molecule has 15 heavy (non-hydrogen) atoms. The number of fused-ring (bicyclic) bond motifs is 1. The molecule has 2 aliphatic heterocycles. The molecule has 0 aliphatic carbocycles. The summed E-state index contributed by atoms with van der Waals surface area (Å²) in [7, 11) is 0. The van der Waals surface area contributed by atoms with E-state index in [1.807, 2.05) is 24.3 Å². The Hall–Kier alpha value is -1.35. The Kier molecular flexibility index (Phi) is 1.83. The monoisotopic (exact) mass is 203 g/mol. The predicted molar refractivity (Wildman–Crippen MR) is 56.2 cm³/mol. The molecule has 0 saturated carbocycles. The van der Waals surface area contributed by atoms with E-state index >= 15 is 0 Å². The van der Waals surface area contributed by atoms with Crippen molar-refractivity contribution in [1.29, 1.82) is 0 Å². The van der Waals surface area contributed by atoms with E-state index in [0.29, 0.717) is 6.42 Å². The highest BCUT2D eigenvalue weighted by atomic mass is 16.5. The van der Waals surface area contributed by atoms with Gasteiger partial charge in [0, 0.05) is 13.0 Å². The van der Waals surface area contributed by atoms with E-state index < -0.39 is 0 Å².